The predicted octanol–water partition coefficient (Wildman–Crippen LogP) is 4.60. The molecule has 1 heterocycles. The third-order valence-corrected chi connectivity index (χ3v) is 3.94. The molecule has 1 atom stereocenters. The van der Waals surface area contributed by atoms with E-state index in [2.05, 4.69) is 10.3 Å². The summed E-state index contributed by atoms with van der Waals surface area (Å²) in [5.74, 6) is 0.324. The molecule has 3 rings (SSSR count). The van der Waals surface area contributed by atoms with E-state index >= 15 is 0 Å². The minimum Gasteiger partial charge on any atom is -0.481 e. The summed E-state index contributed by atoms with van der Waals surface area (Å²) in [6, 6.07) is 14.6. The van der Waals surface area contributed by atoms with E-state index in [1.165, 1.54) is 0 Å². The first-order chi connectivity index (χ1) is 11.5. The smallest absolute Gasteiger partial charge is 0.265 e. The number of ether oxygens (including phenoxy) is 1. The van der Waals surface area contributed by atoms with Gasteiger partial charge in [-0.15, -0.1) is 0 Å². The lowest BCUT2D eigenvalue weighted by atomic mass is 10.1. The number of nitrogens with zero attached hydrogens (tertiary/aromatic N) is 1. The molecule has 0 saturated heterocycles. The maximum atomic E-state index is 12.4. The first kappa shape index (κ1) is 16.3. The summed E-state index contributed by atoms with van der Waals surface area (Å²) < 4.78 is 5.65. The van der Waals surface area contributed by atoms with Crippen molar-refractivity contribution in [2.45, 2.75) is 20.0 Å². The van der Waals surface area contributed by atoms with Crippen molar-refractivity contribution in [3.8, 4) is 5.75 Å². The third-order valence-electron chi connectivity index (χ3n) is 3.71. The Morgan fingerprint density at radius 3 is 2.83 bits per heavy atom. The zero-order valence-corrected chi connectivity index (χ0v) is 14.2. The van der Waals surface area contributed by atoms with Gasteiger partial charge < -0.3 is 10.1 Å². The average Bonchev–Trinajstić information content (AvgIpc) is 2.57. The van der Waals surface area contributed by atoms with Crippen LogP contribution < -0.4 is 10.1 Å². The third kappa shape index (κ3) is 3.49. The van der Waals surface area contributed by atoms with Crippen LogP contribution in [0.5, 0.6) is 5.75 Å². The number of carbonyl (C=O) groups is 1. The van der Waals surface area contributed by atoms with Crippen molar-refractivity contribution in [2.75, 3.05) is 5.32 Å². The van der Waals surface area contributed by atoms with E-state index in [1.54, 1.807) is 37.4 Å². The number of benzene rings is 2. The molecule has 1 aromatic heterocycles. The lowest BCUT2D eigenvalue weighted by molar-refractivity contribution is -0.122. The van der Waals surface area contributed by atoms with Crippen LogP contribution in [0.1, 0.15) is 12.5 Å². The summed E-state index contributed by atoms with van der Waals surface area (Å²) in [6.07, 6.45) is 1.09. The molecular formula is C19H17ClN2O2. The molecule has 0 unspecified atom stereocenters. The van der Waals surface area contributed by atoms with Gasteiger partial charge in [-0.25, -0.2) is 0 Å². The summed E-state index contributed by atoms with van der Waals surface area (Å²) in [7, 11) is 0. The number of carbonyl (C=O) groups excluding carboxylic acids is 1. The molecule has 0 aliphatic heterocycles. The number of rotatable bonds is 4. The van der Waals surface area contributed by atoms with E-state index in [0.29, 0.717) is 10.8 Å². The van der Waals surface area contributed by atoms with Crippen molar-refractivity contribution < 1.29 is 9.53 Å². The number of hydrogen-bond donors (Lipinski definition) is 1. The SMILES string of the molecule is Cc1ccc(NC(=O)[C@H](C)Oc2cccc(Cl)c2)c2cccnc12. The molecule has 0 fully saturated rings. The second kappa shape index (κ2) is 6.89. The second-order valence-electron chi connectivity index (χ2n) is 5.54. The number of anilines is 1. The first-order valence-corrected chi connectivity index (χ1v) is 8.00. The summed E-state index contributed by atoms with van der Waals surface area (Å²) in [4.78, 5) is 16.8. The van der Waals surface area contributed by atoms with Crippen molar-refractivity contribution >= 4 is 34.1 Å². The van der Waals surface area contributed by atoms with E-state index in [4.69, 9.17) is 16.3 Å². The normalized spacial score (nSPS) is 12.0. The quantitative estimate of drug-likeness (QED) is 0.755. The number of pyridine rings is 1. The Morgan fingerprint density at radius 2 is 2.04 bits per heavy atom. The van der Waals surface area contributed by atoms with Crippen molar-refractivity contribution in [3.63, 3.8) is 0 Å². The zero-order chi connectivity index (χ0) is 17.1. The highest BCUT2D eigenvalue weighted by atomic mass is 35.5. The zero-order valence-electron chi connectivity index (χ0n) is 13.4. The molecule has 4 nitrogen and oxygen atoms in total. The van der Waals surface area contributed by atoms with Crippen LogP contribution in [-0.4, -0.2) is 17.0 Å². The van der Waals surface area contributed by atoms with Gasteiger partial charge in [0.2, 0.25) is 0 Å². The van der Waals surface area contributed by atoms with E-state index in [0.717, 1.165) is 22.2 Å². The first-order valence-electron chi connectivity index (χ1n) is 7.62. The summed E-state index contributed by atoms with van der Waals surface area (Å²) >= 11 is 5.93. The highest BCUT2D eigenvalue weighted by Crippen LogP contribution is 2.25. The monoisotopic (exact) mass is 340 g/mol. The molecule has 1 N–H and O–H groups in total. The fourth-order valence-corrected chi connectivity index (χ4v) is 2.64. The lowest BCUT2D eigenvalue weighted by Gasteiger charge is -2.16. The van der Waals surface area contributed by atoms with Crippen LogP contribution in [0.25, 0.3) is 10.9 Å². The van der Waals surface area contributed by atoms with Crippen molar-refractivity contribution in [3.05, 3.63) is 65.3 Å². The van der Waals surface area contributed by atoms with Crippen LogP contribution in [0.4, 0.5) is 5.69 Å². The van der Waals surface area contributed by atoms with Crippen molar-refractivity contribution in [1.82, 2.24) is 4.98 Å². The van der Waals surface area contributed by atoms with Gasteiger partial charge >= 0.3 is 0 Å². The van der Waals surface area contributed by atoms with Gasteiger partial charge in [-0.1, -0.05) is 23.7 Å². The predicted molar refractivity (Wildman–Crippen MR) is 96.7 cm³/mol. The van der Waals surface area contributed by atoms with E-state index in [-0.39, 0.29) is 5.91 Å². The van der Waals surface area contributed by atoms with Crippen LogP contribution in [0.3, 0.4) is 0 Å². The molecule has 24 heavy (non-hydrogen) atoms. The summed E-state index contributed by atoms with van der Waals surface area (Å²) in [5, 5.41) is 4.38. The number of aromatic nitrogens is 1. The maximum absolute atomic E-state index is 12.4. The standard InChI is InChI=1S/C19H17ClN2O2/c1-12-8-9-17(16-7-4-10-21-18(12)16)22-19(23)13(2)24-15-6-3-5-14(20)11-15/h3-11,13H,1-2H3,(H,22,23)/t13-/m0/s1. The highest BCUT2D eigenvalue weighted by Gasteiger charge is 2.16. The Labute approximate surface area is 145 Å². The minimum absolute atomic E-state index is 0.232. The van der Waals surface area contributed by atoms with Gasteiger partial charge in [0.05, 0.1) is 11.2 Å². The number of fused-ring (bicyclic) bond motifs is 1. The number of nitrogens with one attached hydrogen (secondary N) is 1. The van der Waals surface area contributed by atoms with Gasteiger partial charge in [-0.2, -0.15) is 0 Å². The Hall–Kier alpha value is -2.59. The van der Waals surface area contributed by atoms with Gasteiger partial charge in [0.25, 0.3) is 5.91 Å². The fourth-order valence-electron chi connectivity index (χ4n) is 2.46. The molecule has 0 saturated carbocycles. The molecule has 0 spiro atoms. The number of halogens is 1. The lowest BCUT2D eigenvalue weighted by Crippen LogP contribution is -2.30. The molecule has 1 amide bonds. The molecule has 0 radical (unpaired) electrons. The maximum Gasteiger partial charge on any atom is 0.265 e. The van der Waals surface area contributed by atoms with Gasteiger partial charge in [0.15, 0.2) is 6.10 Å². The molecule has 0 bridgehead atoms. The van der Waals surface area contributed by atoms with Crippen LogP contribution in [0.15, 0.2) is 54.7 Å². The minimum atomic E-state index is -0.656. The Balaban J connectivity index is 1.78. The highest BCUT2D eigenvalue weighted by molar-refractivity contribution is 6.30. The molecule has 2 aromatic carbocycles. The van der Waals surface area contributed by atoms with Crippen LogP contribution in [-0.2, 0) is 4.79 Å². The largest absolute Gasteiger partial charge is 0.481 e. The fraction of sp³-hybridized carbons (Fsp3) is 0.158. The van der Waals surface area contributed by atoms with Gasteiger partial charge in [0, 0.05) is 16.6 Å². The second-order valence-corrected chi connectivity index (χ2v) is 5.97. The molecule has 5 heteroatoms. The number of amides is 1. The summed E-state index contributed by atoms with van der Waals surface area (Å²) in [5.41, 5.74) is 2.65. The topological polar surface area (TPSA) is 51.2 Å². The average molecular weight is 341 g/mol. The Kier molecular flexibility index (Phi) is 4.67. The Morgan fingerprint density at radius 1 is 1.21 bits per heavy atom. The molecule has 122 valence electrons. The number of hydrogen-bond acceptors (Lipinski definition) is 3. The molecule has 0 aliphatic rings. The molecule has 0 aliphatic carbocycles. The van der Waals surface area contributed by atoms with Crippen LogP contribution >= 0.6 is 11.6 Å². The van der Waals surface area contributed by atoms with Gasteiger partial charge in [0.1, 0.15) is 5.75 Å². The summed E-state index contributed by atoms with van der Waals surface area (Å²) in [6.45, 7) is 3.69. The van der Waals surface area contributed by atoms with Gasteiger partial charge in [-0.3, -0.25) is 9.78 Å². The van der Waals surface area contributed by atoms with Crippen molar-refractivity contribution in [2.24, 2.45) is 0 Å². The van der Waals surface area contributed by atoms with E-state index in [1.807, 2.05) is 31.2 Å². The number of aryl methyl sites for hydroxylation is 1. The van der Waals surface area contributed by atoms with E-state index in [9.17, 15) is 4.79 Å². The van der Waals surface area contributed by atoms with Gasteiger partial charge in [-0.05, 0) is 55.8 Å². The molecular weight excluding hydrogens is 324 g/mol. The van der Waals surface area contributed by atoms with E-state index < -0.39 is 6.10 Å². The van der Waals surface area contributed by atoms with Crippen LogP contribution in [0, 0.1) is 6.92 Å². The Bertz CT molecular complexity index is 895. The van der Waals surface area contributed by atoms with Crippen molar-refractivity contribution in [1.29, 1.82) is 0 Å². The molecule has 3 aromatic rings. The van der Waals surface area contributed by atoms with Crippen LogP contribution in [0.2, 0.25) is 5.02 Å².